The fourth-order valence-corrected chi connectivity index (χ4v) is 5.57. The zero-order chi connectivity index (χ0) is 32.9. The Balaban J connectivity index is 0.00000552. The van der Waals surface area contributed by atoms with E-state index in [4.69, 9.17) is 34.8 Å². The third-order valence-corrected chi connectivity index (χ3v) is 8.76. The molecule has 0 aliphatic carbocycles. The maximum atomic E-state index is 13.1. The monoisotopic (exact) mass is 856 g/mol. The van der Waals surface area contributed by atoms with E-state index < -0.39 is 84.4 Å². The van der Waals surface area contributed by atoms with E-state index in [9.17, 15) is 48.8 Å². The van der Waals surface area contributed by atoms with Crippen LogP contribution in [0.5, 0.6) is 5.75 Å². The second-order valence-electron chi connectivity index (χ2n) is 8.23. The molecule has 0 aliphatic rings. The van der Waals surface area contributed by atoms with Crippen molar-refractivity contribution < 1.29 is 150 Å². The number of nitrogens with zero attached hydrogens (tertiary/aromatic N) is 6. The number of rotatable bonds is 8. The Morgan fingerprint density at radius 3 is 1.98 bits per heavy atom. The Morgan fingerprint density at radius 2 is 1.44 bits per heavy atom. The van der Waals surface area contributed by atoms with Crippen molar-refractivity contribution in [2.24, 2.45) is 10.2 Å². The van der Waals surface area contributed by atoms with E-state index in [1.54, 1.807) is 0 Å². The molecule has 18 nitrogen and oxygen atoms in total. The molecule has 28 heteroatoms. The number of aryl methyl sites for hydroxylation is 1. The summed E-state index contributed by atoms with van der Waals surface area (Å²) in [6.45, 7) is 1.14. The number of aromatic nitrogens is 4. The summed E-state index contributed by atoms with van der Waals surface area (Å²) in [5.74, 6) is -1.49. The van der Waals surface area contributed by atoms with Gasteiger partial charge in [-0.3, -0.25) is 4.79 Å². The van der Waals surface area contributed by atoms with E-state index >= 15 is 0 Å². The molecule has 0 atom stereocenters. The van der Waals surface area contributed by atoms with Crippen LogP contribution in [0.15, 0.2) is 60.0 Å². The van der Waals surface area contributed by atoms with Crippen molar-refractivity contribution in [3.8, 4) is 11.4 Å². The fourth-order valence-electron chi connectivity index (χ4n) is 3.41. The molecule has 0 saturated heterocycles. The zero-order valence-electron chi connectivity index (χ0n) is 24.2. The van der Waals surface area contributed by atoms with Gasteiger partial charge in [-0.25, -0.2) is 30.2 Å². The van der Waals surface area contributed by atoms with Crippen LogP contribution in [0.4, 0.5) is 22.9 Å². The van der Waals surface area contributed by atoms with E-state index in [-0.39, 0.29) is 132 Å². The van der Waals surface area contributed by atoms with Gasteiger partial charge >= 0.3 is 106 Å². The molecule has 4 aromatic rings. The molecular formula is C20H9Cl3CuN7Na3O11S3. The second-order valence-corrected chi connectivity index (χ2v) is 13.4. The normalized spacial score (nSPS) is 11.6. The minimum atomic E-state index is -5.35. The van der Waals surface area contributed by atoms with Gasteiger partial charge in [0, 0.05) is 11.4 Å². The van der Waals surface area contributed by atoms with Crippen LogP contribution in [-0.2, 0) is 47.4 Å². The third-order valence-electron chi connectivity index (χ3n) is 5.33. The Morgan fingerprint density at radius 1 is 0.854 bits per heavy atom. The van der Waals surface area contributed by atoms with Crippen molar-refractivity contribution >= 4 is 88.0 Å². The maximum Gasteiger partial charge on any atom is 2.00 e. The summed E-state index contributed by atoms with van der Waals surface area (Å²) in [4.78, 5) is 17.3. The van der Waals surface area contributed by atoms with Crippen LogP contribution in [-0.4, -0.2) is 53.6 Å². The van der Waals surface area contributed by atoms with Crippen LogP contribution < -0.4 is 110 Å². The first-order valence-corrected chi connectivity index (χ1v) is 16.3. The predicted octanol–water partition coefficient (Wildman–Crippen LogP) is -7.19. The molecule has 1 radical (unpaired) electrons. The molecule has 48 heavy (non-hydrogen) atoms. The summed E-state index contributed by atoms with van der Waals surface area (Å²) in [6, 6.07) is 2.59. The first kappa shape index (κ1) is 47.8. The molecule has 0 aliphatic heterocycles. The SMILES string of the molecule is Cc1[n-]n(-c2cc(S(=O)(=O)[O-])ccc2S(=O)(=O)[O-])c(=O)c1N=Nc1cc(S(=O)(=O)[O-])cc(Nc2nc(Cl)nc(Cl)c2Cl)c1[O-].[Cu+2].[Na+].[Na+].[Na+]. The topological polar surface area (TPSA) is 293 Å². The molecule has 2 aromatic carbocycles. The summed E-state index contributed by atoms with van der Waals surface area (Å²) in [7, 11) is -15.8. The molecule has 243 valence electrons. The van der Waals surface area contributed by atoms with Crippen LogP contribution in [0.1, 0.15) is 5.69 Å². The molecule has 0 spiro atoms. The molecule has 0 unspecified atom stereocenters. The third kappa shape index (κ3) is 10.9. The minimum Gasteiger partial charge on any atom is -0.870 e. The van der Waals surface area contributed by atoms with E-state index in [0.717, 1.165) is 6.92 Å². The van der Waals surface area contributed by atoms with Crippen LogP contribution in [0.2, 0.25) is 15.5 Å². The van der Waals surface area contributed by atoms with Crippen molar-refractivity contribution in [1.29, 1.82) is 0 Å². The van der Waals surface area contributed by atoms with Gasteiger partial charge < -0.3 is 33.9 Å². The first-order valence-electron chi connectivity index (χ1n) is 10.9. The van der Waals surface area contributed by atoms with E-state index in [1.807, 2.05) is 0 Å². The molecule has 0 amide bonds. The Bertz CT molecular complexity index is 2290. The number of anilines is 2. The van der Waals surface area contributed by atoms with Gasteiger partial charge in [0.1, 0.15) is 41.1 Å². The van der Waals surface area contributed by atoms with Crippen molar-refractivity contribution in [2.45, 2.75) is 21.6 Å². The van der Waals surface area contributed by atoms with Crippen molar-refractivity contribution in [3.63, 3.8) is 0 Å². The van der Waals surface area contributed by atoms with Crippen molar-refractivity contribution in [3.05, 3.63) is 61.8 Å². The van der Waals surface area contributed by atoms with Crippen LogP contribution in [0.3, 0.4) is 0 Å². The van der Waals surface area contributed by atoms with Crippen molar-refractivity contribution in [2.75, 3.05) is 5.32 Å². The molecule has 4 rings (SSSR count). The standard InChI is InChI=1S/C20H14Cl3N7O11S3.Cu.3Na/c1-7-15(19(32)30(29-7)12-6-8(42(33,34)35)2-3-13(12)44(39,40)41)28-27-11-5-9(43(36,37)38)4-10(16(11)31)24-18-14(21)17(22)25-20(23)26-18;;;;/h2-6H,1H3,(H6,24,25,26,27,28,29,31,32,33,34,35,36,37,38,39,40,41);;;;/q;+2;3*+1/p-5. The van der Waals surface area contributed by atoms with Gasteiger partial charge in [-0.1, -0.05) is 35.9 Å². The van der Waals surface area contributed by atoms with Gasteiger partial charge in [-0.05, 0) is 41.9 Å². The van der Waals surface area contributed by atoms with E-state index in [1.165, 1.54) is 0 Å². The summed E-state index contributed by atoms with van der Waals surface area (Å²) < 4.78 is 105. The van der Waals surface area contributed by atoms with Gasteiger partial charge in [0.2, 0.25) is 5.28 Å². The van der Waals surface area contributed by atoms with Gasteiger partial charge in [-0.2, -0.15) is 10.1 Å². The maximum absolute atomic E-state index is 13.1. The predicted molar refractivity (Wildman–Crippen MR) is 144 cm³/mol. The Kier molecular flexibility index (Phi) is 18.0. The first-order chi connectivity index (χ1) is 20.2. The Hall–Kier alpha value is -0.151. The summed E-state index contributed by atoms with van der Waals surface area (Å²) >= 11 is 17.5. The second kappa shape index (κ2) is 18.1. The molecule has 0 saturated carbocycles. The number of hydrogen-bond acceptors (Lipinski definition) is 16. The quantitative estimate of drug-likeness (QED) is 0.0566. The molecule has 1 N–H and O–H groups in total. The summed E-state index contributed by atoms with van der Waals surface area (Å²) in [5, 5.41) is 25.1. The number of nitrogens with one attached hydrogen (secondary N) is 1. The van der Waals surface area contributed by atoms with E-state index in [2.05, 4.69) is 30.6 Å². The average Bonchev–Trinajstić information content (AvgIpc) is 3.18. The minimum absolute atomic E-state index is 0. The van der Waals surface area contributed by atoms with Gasteiger partial charge in [0.15, 0.2) is 11.0 Å². The van der Waals surface area contributed by atoms with Crippen LogP contribution in [0, 0.1) is 6.92 Å². The average molecular weight is 858 g/mol. The molecule has 0 fully saturated rings. The molecule has 2 aromatic heterocycles. The van der Waals surface area contributed by atoms with E-state index in [0.29, 0.717) is 30.3 Å². The summed E-state index contributed by atoms with van der Waals surface area (Å²) in [6.07, 6.45) is 0. The zero-order valence-corrected chi connectivity index (χ0v) is 35.9. The van der Waals surface area contributed by atoms with Gasteiger partial charge in [0.25, 0.3) is 5.56 Å². The van der Waals surface area contributed by atoms with Gasteiger partial charge in [-0.15, -0.1) is 10.8 Å². The fraction of sp³-hybridized carbons (Fsp3) is 0.0500. The van der Waals surface area contributed by atoms with Gasteiger partial charge in [0.05, 0.1) is 20.4 Å². The molecular weight excluding hydrogens is 849 g/mol. The number of azo groups is 1. The largest absolute Gasteiger partial charge is 2.00 e. The van der Waals surface area contributed by atoms with Crippen LogP contribution >= 0.6 is 34.8 Å². The number of benzene rings is 2. The number of halogens is 3. The Labute approximate surface area is 363 Å². The summed E-state index contributed by atoms with van der Waals surface area (Å²) in [5.41, 5.74) is -4.73. The smallest absolute Gasteiger partial charge is 0.870 e. The number of hydrogen-bond donors (Lipinski definition) is 1. The van der Waals surface area contributed by atoms with Crippen LogP contribution in [0.25, 0.3) is 5.69 Å². The molecule has 0 bridgehead atoms. The van der Waals surface area contributed by atoms with Crippen molar-refractivity contribution in [1.82, 2.24) is 19.7 Å². The molecule has 2 heterocycles.